The Bertz CT molecular complexity index is 679. The van der Waals surface area contributed by atoms with Crippen LogP contribution in [0.15, 0.2) is 17.0 Å². The van der Waals surface area contributed by atoms with Gasteiger partial charge in [-0.3, -0.25) is 0 Å². The molecule has 1 aliphatic carbocycles. The van der Waals surface area contributed by atoms with E-state index in [2.05, 4.69) is 11.6 Å². The minimum absolute atomic E-state index is 0. The minimum Gasteiger partial charge on any atom is -0.495 e. The van der Waals surface area contributed by atoms with Gasteiger partial charge in [0, 0.05) is 12.1 Å². The Kier molecular flexibility index (Phi) is 7.11. The van der Waals surface area contributed by atoms with Crippen molar-refractivity contribution in [3.05, 3.63) is 23.3 Å². The third kappa shape index (κ3) is 4.04. The number of methoxy groups -OCH3 is 1. The first-order valence-electron chi connectivity index (χ1n) is 8.15. The molecule has 1 aromatic rings. The number of hydrogen-bond acceptors (Lipinski definition) is 4. The summed E-state index contributed by atoms with van der Waals surface area (Å²) in [5.74, 6) is 0.596. The summed E-state index contributed by atoms with van der Waals surface area (Å²) in [6.45, 7) is 6.10. The summed E-state index contributed by atoms with van der Waals surface area (Å²) in [5.41, 5.74) is 7.07. The Hall–Kier alpha value is -0.820. The Morgan fingerprint density at radius 3 is 2.54 bits per heavy atom. The predicted molar refractivity (Wildman–Crippen MR) is 99.5 cm³/mol. The van der Waals surface area contributed by atoms with E-state index in [1.54, 1.807) is 13.0 Å². The highest BCUT2D eigenvalue weighted by molar-refractivity contribution is 7.89. The zero-order chi connectivity index (χ0) is 17.3. The molecule has 0 amide bonds. The van der Waals surface area contributed by atoms with Crippen LogP contribution in [0, 0.1) is 19.8 Å². The quantitative estimate of drug-likeness (QED) is 0.827. The van der Waals surface area contributed by atoms with Gasteiger partial charge >= 0.3 is 0 Å². The van der Waals surface area contributed by atoms with Crippen LogP contribution in [0.1, 0.15) is 43.7 Å². The van der Waals surface area contributed by atoms with E-state index in [1.165, 1.54) is 7.11 Å². The van der Waals surface area contributed by atoms with Gasteiger partial charge in [0.1, 0.15) is 10.6 Å². The van der Waals surface area contributed by atoms with Crippen molar-refractivity contribution in [1.29, 1.82) is 0 Å². The lowest BCUT2D eigenvalue weighted by molar-refractivity contribution is 0.191. The van der Waals surface area contributed by atoms with Gasteiger partial charge in [0.15, 0.2) is 0 Å². The Morgan fingerprint density at radius 2 is 2.00 bits per heavy atom. The molecular weight excluding hydrogens is 348 g/mol. The fourth-order valence-corrected chi connectivity index (χ4v) is 5.55. The van der Waals surface area contributed by atoms with Gasteiger partial charge in [-0.05, 0) is 49.8 Å². The molecule has 2 unspecified atom stereocenters. The van der Waals surface area contributed by atoms with Crippen molar-refractivity contribution in [2.45, 2.75) is 56.9 Å². The monoisotopic (exact) mass is 376 g/mol. The van der Waals surface area contributed by atoms with E-state index in [9.17, 15) is 8.42 Å². The number of nitrogens with two attached hydrogens (primary N) is 1. The number of ether oxygens (including phenoxy) is 1. The van der Waals surface area contributed by atoms with Crippen LogP contribution in [0.3, 0.4) is 0 Å². The van der Waals surface area contributed by atoms with Crippen LogP contribution in [-0.4, -0.2) is 27.6 Å². The SMILES string of the molecule is COc1cc(C)cc(C)c1S(=O)(=O)NC1(CN)CCCCC1C.Cl. The van der Waals surface area contributed by atoms with Gasteiger partial charge in [0.25, 0.3) is 0 Å². The molecule has 1 aliphatic rings. The van der Waals surface area contributed by atoms with Gasteiger partial charge in [-0.25, -0.2) is 13.1 Å². The lowest BCUT2D eigenvalue weighted by atomic mass is 9.74. The molecule has 3 N–H and O–H groups in total. The van der Waals surface area contributed by atoms with Crippen molar-refractivity contribution < 1.29 is 13.2 Å². The zero-order valence-electron chi connectivity index (χ0n) is 14.9. The van der Waals surface area contributed by atoms with Crippen molar-refractivity contribution >= 4 is 22.4 Å². The summed E-state index contributed by atoms with van der Waals surface area (Å²) in [4.78, 5) is 0.219. The van der Waals surface area contributed by atoms with Crippen molar-refractivity contribution in [3.8, 4) is 5.75 Å². The molecule has 1 fully saturated rings. The van der Waals surface area contributed by atoms with Gasteiger partial charge in [-0.1, -0.05) is 25.8 Å². The minimum atomic E-state index is -3.71. The molecule has 2 rings (SSSR count). The molecule has 0 bridgehead atoms. The molecule has 0 saturated heterocycles. The molecule has 1 saturated carbocycles. The van der Waals surface area contributed by atoms with Crippen LogP contribution in [-0.2, 0) is 10.0 Å². The Labute approximate surface area is 151 Å². The maximum absolute atomic E-state index is 13.1. The van der Waals surface area contributed by atoms with Gasteiger partial charge < -0.3 is 10.5 Å². The van der Waals surface area contributed by atoms with Crippen molar-refractivity contribution in [3.63, 3.8) is 0 Å². The van der Waals surface area contributed by atoms with E-state index in [0.29, 0.717) is 17.9 Å². The number of hydrogen-bond donors (Lipinski definition) is 2. The van der Waals surface area contributed by atoms with E-state index >= 15 is 0 Å². The van der Waals surface area contributed by atoms with E-state index in [-0.39, 0.29) is 23.2 Å². The van der Waals surface area contributed by atoms with Crippen LogP contribution in [0.25, 0.3) is 0 Å². The second kappa shape index (κ2) is 8.04. The van der Waals surface area contributed by atoms with Gasteiger partial charge in [-0.2, -0.15) is 0 Å². The molecule has 0 heterocycles. The van der Waals surface area contributed by atoms with Crippen LogP contribution in [0.5, 0.6) is 5.75 Å². The van der Waals surface area contributed by atoms with Crippen LogP contribution >= 0.6 is 12.4 Å². The Balaban J connectivity index is 0.00000288. The molecule has 138 valence electrons. The summed E-state index contributed by atoms with van der Waals surface area (Å²) >= 11 is 0. The summed E-state index contributed by atoms with van der Waals surface area (Å²) in [6, 6.07) is 3.61. The smallest absolute Gasteiger partial charge is 0.245 e. The first-order valence-corrected chi connectivity index (χ1v) is 9.63. The maximum Gasteiger partial charge on any atom is 0.245 e. The number of benzene rings is 1. The second-order valence-corrected chi connectivity index (χ2v) is 8.35. The van der Waals surface area contributed by atoms with Crippen LogP contribution in [0.2, 0.25) is 0 Å². The summed E-state index contributed by atoms with van der Waals surface area (Å²) in [6.07, 6.45) is 3.88. The fourth-order valence-electron chi connectivity index (χ4n) is 3.64. The van der Waals surface area contributed by atoms with Crippen molar-refractivity contribution in [1.82, 2.24) is 4.72 Å². The molecule has 24 heavy (non-hydrogen) atoms. The molecule has 0 aliphatic heterocycles. The standard InChI is InChI=1S/C17H28N2O3S.ClH/c1-12-9-13(2)16(15(10-12)22-4)23(20,21)19-17(11-18)8-6-5-7-14(17)3;/h9-10,14,19H,5-8,11,18H2,1-4H3;1H. The number of rotatable bonds is 5. The Morgan fingerprint density at radius 1 is 1.33 bits per heavy atom. The summed E-state index contributed by atoms with van der Waals surface area (Å²) in [7, 11) is -2.21. The van der Waals surface area contributed by atoms with Crippen LogP contribution in [0.4, 0.5) is 0 Å². The van der Waals surface area contributed by atoms with Crippen LogP contribution < -0.4 is 15.2 Å². The fraction of sp³-hybridized carbons (Fsp3) is 0.647. The third-order valence-corrected chi connectivity index (χ3v) is 6.76. The highest BCUT2D eigenvalue weighted by atomic mass is 35.5. The number of nitrogens with one attached hydrogen (secondary N) is 1. The molecular formula is C17H29ClN2O3S. The van der Waals surface area contributed by atoms with E-state index < -0.39 is 15.6 Å². The third-order valence-electron chi connectivity index (χ3n) is 5.03. The maximum atomic E-state index is 13.1. The van der Waals surface area contributed by atoms with Crippen molar-refractivity contribution in [2.24, 2.45) is 11.7 Å². The normalized spacial score (nSPS) is 24.3. The second-order valence-electron chi connectivity index (χ2n) is 6.73. The highest BCUT2D eigenvalue weighted by Gasteiger charge is 2.41. The molecule has 7 heteroatoms. The van der Waals surface area contributed by atoms with Gasteiger partial charge in [0.2, 0.25) is 10.0 Å². The molecule has 2 atom stereocenters. The van der Waals surface area contributed by atoms with Gasteiger partial charge in [0.05, 0.1) is 7.11 Å². The summed E-state index contributed by atoms with van der Waals surface area (Å²) < 4.78 is 34.4. The largest absolute Gasteiger partial charge is 0.495 e. The number of sulfonamides is 1. The lowest BCUT2D eigenvalue weighted by Crippen LogP contribution is -2.59. The van der Waals surface area contributed by atoms with Crippen molar-refractivity contribution in [2.75, 3.05) is 13.7 Å². The average molecular weight is 377 g/mol. The lowest BCUT2D eigenvalue weighted by Gasteiger charge is -2.42. The topological polar surface area (TPSA) is 81.4 Å². The first kappa shape index (κ1) is 21.2. The number of aryl methyl sites for hydroxylation is 2. The van der Waals surface area contributed by atoms with E-state index in [4.69, 9.17) is 10.5 Å². The molecule has 0 aromatic heterocycles. The van der Waals surface area contributed by atoms with Gasteiger partial charge in [-0.15, -0.1) is 12.4 Å². The summed E-state index contributed by atoms with van der Waals surface area (Å²) in [5, 5.41) is 0. The zero-order valence-corrected chi connectivity index (χ0v) is 16.5. The molecule has 0 radical (unpaired) electrons. The molecule has 5 nitrogen and oxygen atoms in total. The van der Waals surface area contributed by atoms with E-state index in [0.717, 1.165) is 31.2 Å². The predicted octanol–water partition coefficient (Wildman–Crippen LogP) is 2.92. The highest BCUT2D eigenvalue weighted by Crippen LogP contribution is 2.36. The average Bonchev–Trinajstić information content (AvgIpc) is 2.48. The number of halogens is 1. The molecule has 0 spiro atoms. The first-order chi connectivity index (χ1) is 10.8. The van der Waals surface area contributed by atoms with E-state index in [1.807, 2.05) is 13.0 Å². The molecule has 1 aromatic carbocycles.